The minimum absolute atomic E-state index is 0.123. The number of nitro groups is 1. The Balaban J connectivity index is 1.50. The number of hydrogen-bond acceptors (Lipinski definition) is 8. The van der Waals surface area contributed by atoms with Crippen LogP contribution in [-0.4, -0.2) is 22.0 Å². The Kier molecular flexibility index (Phi) is 6.25. The monoisotopic (exact) mass is 498 g/mol. The number of benzene rings is 3. The summed E-state index contributed by atoms with van der Waals surface area (Å²) in [5.74, 6) is 0.366. The molecule has 0 bridgehead atoms. The van der Waals surface area contributed by atoms with Crippen molar-refractivity contribution >= 4 is 44.7 Å². The molecule has 36 heavy (non-hydrogen) atoms. The maximum atomic E-state index is 13.6. The average molecular weight is 499 g/mol. The van der Waals surface area contributed by atoms with Gasteiger partial charge in [0.15, 0.2) is 5.76 Å². The summed E-state index contributed by atoms with van der Waals surface area (Å²) in [4.78, 5) is 28.5. The number of para-hydroxylation sites is 1. The van der Waals surface area contributed by atoms with E-state index in [9.17, 15) is 14.9 Å². The number of hydrazone groups is 1. The van der Waals surface area contributed by atoms with Crippen LogP contribution in [-0.2, 0) is 0 Å². The Morgan fingerprint density at radius 3 is 2.64 bits per heavy atom. The van der Waals surface area contributed by atoms with Crippen molar-refractivity contribution < 1.29 is 18.9 Å². The van der Waals surface area contributed by atoms with E-state index in [-0.39, 0.29) is 5.76 Å². The Bertz CT molecular complexity index is 1590. The molecule has 0 aliphatic carbocycles. The maximum absolute atomic E-state index is 13.6. The number of hydrogen-bond donors (Lipinski definition) is 0. The van der Waals surface area contributed by atoms with Gasteiger partial charge in [0.1, 0.15) is 16.4 Å². The maximum Gasteiger partial charge on any atom is 0.433 e. The molecule has 1 amide bonds. The Labute approximate surface area is 209 Å². The van der Waals surface area contributed by atoms with Crippen LogP contribution < -0.4 is 9.75 Å². The number of carbonyl (C=O) groups is 1. The zero-order valence-corrected chi connectivity index (χ0v) is 19.7. The van der Waals surface area contributed by atoms with Crippen LogP contribution in [0, 0.1) is 17.0 Å². The molecule has 3 aromatic carbocycles. The molecule has 0 saturated heterocycles. The van der Waals surface area contributed by atoms with Crippen LogP contribution in [0.25, 0.3) is 10.2 Å². The zero-order chi connectivity index (χ0) is 25.1. The summed E-state index contributed by atoms with van der Waals surface area (Å²) in [5, 5.41) is 16.7. The molecule has 9 nitrogen and oxygen atoms in total. The molecule has 0 fully saturated rings. The van der Waals surface area contributed by atoms with Gasteiger partial charge in [0.05, 0.1) is 22.5 Å². The lowest BCUT2D eigenvalue weighted by atomic mass is 10.2. The molecule has 0 radical (unpaired) electrons. The predicted octanol–water partition coefficient (Wildman–Crippen LogP) is 6.58. The van der Waals surface area contributed by atoms with E-state index in [1.54, 1.807) is 24.3 Å². The van der Waals surface area contributed by atoms with Crippen molar-refractivity contribution in [3.05, 3.63) is 112 Å². The fourth-order valence-corrected chi connectivity index (χ4v) is 4.38. The first-order chi connectivity index (χ1) is 17.5. The molecule has 5 rings (SSSR count). The molecule has 0 aliphatic rings. The standard InChI is InChI=1S/C26H18N4O5S/c1-17-10-12-22-23(14-17)36-26(28-22)29(27-16-21-11-13-24(35-21)30(32)33)25(31)18-6-5-9-20(15-18)34-19-7-3-2-4-8-19/h2-16H,1H3/b27-16+. The molecular weight excluding hydrogens is 480 g/mol. The van der Waals surface area contributed by atoms with E-state index in [4.69, 9.17) is 9.15 Å². The van der Waals surface area contributed by atoms with Crippen LogP contribution >= 0.6 is 11.3 Å². The van der Waals surface area contributed by atoms with Crippen molar-refractivity contribution in [2.75, 3.05) is 5.01 Å². The van der Waals surface area contributed by atoms with Crippen molar-refractivity contribution in [1.82, 2.24) is 4.98 Å². The first-order valence-electron chi connectivity index (χ1n) is 10.8. The van der Waals surface area contributed by atoms with Gasteiger partial charge in [-0.1, -0.05) is 41.7 Å². The van der Waals surface area contributed by atoms with Gasteiger partial charge in [0.2, 0.25) is 5.13 Å². The summed E-state index contributed by atoms with van der Waals surface area (Å²) in [6.45, 7) is 1.97. The Hall–Kier alpha value is -4.83. The molecular formula is C26H18N4O5S. The van der Waals surface area contributed by atoms with Crippen molar-refractivity contribution in [2.45, 2.75) is 6.92 Å². The van der Waals surface area contributed by atoms with Gasteiger partial charge in [0.25, 0.3) is 5.91 Å². The van der Waals surface area contributed by atoms with Crippen LogP contribution in [0.5, 0.6) is 11.5 Å². The van der Waals surface area contributed by atoms with E-state index in [0.29, 0.717) is 22.2 Å². The van der Waals surface area contributed by atoms with Crippen LogP contribution in [0.2, 0.25) is 0 Å². The van der Waals surface area contributed by atoms with Gasteiger partial charge in [-0.05, 0) is 61.0 Å². The van der Waals surface area contributed by atoms with Gasteiger partial charge in [0, 0.05) is 5.56 Å². The zero-order valence-electron chi connectivity index (χ0n) is 18.9. The summed E-state index contributed by atoms with van der Waals surface area (Å²) in [7, 11) is 0. The third-order valence-electron chi connectivity index (χ3n) is 5.06. The lowest BCUT2D eigenvalue weighted by molar-refractivity contribution is -0.402. The lowest BCUT2D eigenvalue weighted by Crippen LogP contribution is -2.25. The van der Waals surface area contributed by atoms with E-state index >= 15 is 0 Å². The number of fused-ring (bicyclic) bond motifs is 1. The number of aryl methyl sites for hydroxylation is 1. The summed E-state index contributed by atoms with van der Waals surface area (Å²) >= 11 is 1.30. The summed E-state index contributed by atoms with van der Waals surface area (Å²) in [6, 6.07) is 24.4. The van der Waals surface area contributed by atoms with Gasteiger partial charge < -0.3 is 9.15 Å². The molecule has 178 valence electrons. The van der Waals surface area contributed by atoms with E-state index < -0.39 is 16.7 Å². The molecule has 0 atom stereocenters. The van der Waals surface area contributed by atoms with Crippen molar-refractivity contribution in [3.63, 3.8) is 0 Å². The molecule has 2 heterocycles. The number of aromatic nitrogens is 1. The minimum Gasteiger partial charge on any atom is -0.457 e. The molecule has 0 saturated carbocycles. The quantitative estimate of drug-likeness (QED) is 0.142. The van der Waals surface area contributed by atoms with E-state index in [2.05, 4.69) is 10.1 Å². The molecule has 0 N–H and O–H groups in total. The summed E-state index contributed by atoms with van der Waals surface area (Å²) in [6.07, 6.45) is 1.24. The second-order valence-corrected chi connectivity index (χ2v) is 8.71. The van der Waals surface area contributed by atoms with Gasteiger partial charge in [-0.15, -0.1) is 0 Å². The highest BCUT2D eigenvalue weighted by atomic mass is 32.1. The molecule has 0 spiro atoms. The highest BCUT2D eigenvalue weighted by molar-refractivity contribution is 7.22. The number of rotatable bonds is 7. The molecule has 0 aliphatic heterocycles. The van der Waals surface area contributed by atoms with Crippen molar-refractivity contribution in [3.8, 4) is 11.5 Å². The Morgan fingerprint density at radius 2 is 1.86 bits per heavy atom. The van der Waals surface area contributed by atoms with Gasteiger partial charge in [-0.25, -0.2) is 4.98 Å². The summed E-state index contributed by atoms with van der Waals surface area (Å²) < 4.78 is 11.9. The molecule has 5 aromatic rings. The number of anilines is 1. The highest BCUT2D eigenvalue weighted by Gasteiger charge is 2.22. The number of nitrogens with zero attached hydrogens (tertiary/aromatic N) is 4. The lowest BCUT2D eigenvalue weighted by Gasteiger charge is -2.14. The summed E-state index contributed by atoms with van der Waals surface area (Å²) in [5.41, 5.74) is 2.11. The first-order valence-corrected chi connectivity index (χ1v) is 11.6. The average Bonchev–Trinajstić information content (AvgIpc) is 3.52. The van der Waals surface area contributed by atoms with E-state index in [1.165, 1.54) is 29.7 Å². The third kappa shape index (κ3) is 4.98. The number of carbonyl (C=O) groups excluding carboxylic acids is 1. The highest BCUT2D eigenvalue weighted by Crippen LogP contribution is 2.31. The molecule has 2 aromatic heterocycles. The SMILES string of the molecule is Cc1ccc2nc(N(/N=C/c3ccc([N+](=O)[O-])o3)C(=O)c3cccc(Oc4ccccc4)c3)sc2c1. The fraction of sp³-hybridized carbons (Fsp3) is 0.0385. The van der Waals surface area contributed by atoms with Gasteiger partial charge >= 0.3 is 5.88 Å². The minimum atomic E-state index is -0.644. The van der Waals surface area contributed by atoms with Crippen molar-refractivity contribution in [2.24, 2.45) is 5.10 Å². The molecule has 10 heteroatoms. The third-order valence-corrected chi connectivity index (χ3v) is 6.05. The predicted molar refractivity (Wildman–Crippen MR) is 137 cm³/mol. The van der Waals surface area contributed by atoms with Gasteiger partial charge in [-0.3, -0.25) is 14.9 Å². The fourth-order valence-electron chi connectivity index (χ4n) is 3.36. The first kappa shape index (κ1) is 22.9. The normalized spacial score (nSPS) is 11.1. The van der Waals surface area contributed by atoms with Crippen molar-refractivity contribution in [1.29, 1.82) is 0 Å². The van der Waals surface area contributed by atoms with Crippen LogP contribution in [0.1, 0.15) is 21.7 Å². The smallest absolute Gasteiger partial charge is 0.433 e. The number of ether oxygens (including phenoxy) is 1. The number of furan rings is 1. The van der Waals surface area contributed by atoms with Crippen LogP contribution in [0.15, 0.2) is 94.4 Å². The second-order valence-electron chi connectivity index (χ2n) is 7.71. The largest absolute Gasteiger partial charge is 0.457 e. The number of amides is 1. The number of thiazole rings is 1. The van der Waals surface area contributed by atoms with E-state index in [0.717, 1.165) is 20.8 Å². The second kappa shape index (κ2) is 9.80. The molecule has 0 unspecified atom stereocenters. The topological polar surface area (TPSA) is 111 Å². The van der Waals surface area contributed by atoms with E-state index in [1.807, 2.05) is 55.5 Å². The Morgan fingerprint density at radius 1 is 1.06 bits per heavy atom. The van der Waals surface area contributed by atoms with Crippen LogP contribution in [0.4, 0.5) is 11.0 Å². The van der Waals surface area contributed by atoms with Crippen LogP contribution in [0.3, 0.4) is 0 Å². The van der Waals surface area contributed by atoms with Gasteiger partial charge in [-0.2, -0.15) is 10.1 Å².